The van der Waals surface area contributed by atoms with Crippen LogP contribution >= 0.6 is 0 Å². The Morgan fingerprint density at radius 3 is 2.46 bits per heavy atom. The predicted molar refractivity (Wildman–Crippen MR) is 89.4 cm³/mol. The maximum absolute atomic E-state index is 12.8. The molecule has 0 saturated heterocycles. The minimum Gasteiger partial charge on any atom is -0.496 e. The Kier molecular flexibility index (Phi) is 5.89. The number of carbonyl (C=O) groups is 2. The van der Waals surface area contributed by atoms with Gasteiger partial charge in [0, 0.05) is 18.3 Å². The van der Waals surface area contributed by atoms with Gasteiger partial charge in [0.05, 0.1) is 20.1 Å². The first-order valence-corrected chi connectivity index (χ1v) is 7.41. The number of ether oxygens (including phenoxy) is 1. The number of hydrogen-bond acceptors (Lipinski definition) is 3. The van der Waals surface area contributed by atoms with Gasteiger partial charge in [-0.25, -0.2) is 4.39 Å². The Labute approximate surface area is 140 Å². The van der Waals surface area contributed by atoms with E-state index >= 15 is 0 Å². The molecule has 6 heteroatoms. The second-order valence-electron chi connectivity index (χ2n) is 5.29. The van der Waals surface area contributed by atoms with E-state index < -0.39 is 0 Å². The lowest BCUT2D eigenvalue weighted by Crippen LogP contribution is -2.35. The fourth-order valence-corrected chi connectivity index (χ4v) is 2.18. The van der Waals surface area contributed by atoms with Crippen LogP contribution in [0.3, 0.4) is 0 Å². The normalized spacial score (nSPS) is 10.1. The van der Waals surface area contributed by atoms with Gasteiger partial charge in [-0.3, -0.25) is 9.59 Å². The van der Waals surface area contributed by atoms with E-state index in [0.29, 0.717) is 11.4 Å². The van der Waals surface area contributed by atoms with E-state index in [0.717, 1.165) is 5.56 Å². The number of nitrogens with one attached hydrogen (secondary N) is 1. The molecule has 0 aliphatic rings. The Morgan fingerprint density at radius 2 is 1.79 bits per heavy atom. The summed E-state index contributed by atoms with van der Waals surface area (Å²) in [5.41, 5.74) is 1.24. The minimum atomic E-state index is -0.378. The van der Waals surface area contributed by atoms with Crippen molar-refractivity contribution in [3.8, 4) is 5.75 Å². The van der Waals surface area contributed by atoms with Crippen LogP contribution in [-0.2, 0) is 16.0 Å². The number of amides is 2. The molecule has 2 rings (SSSR count). The molecular weight excluding hydrogens is 311 g/mol. The molecule has 0 unspecified atom stereocenters. The average Bonchev–Trinajstić information content (AvgIpc) is 2.57. The molecule has 0 atom stereocenters. The molecule has 0 aromatic heterocycles. The van der Waals surface area contributed by atoms with E-state index in [1.807, 2.05) is 18.2 Å². The van der Waals surface area contributed by atoms with Crippen LogP contribution in [0.5, 0.6) is 5.75 Å². The first kappa shape index (κ1) is 17.5. The van der Waals surface area contributed by atoms with Crippen molar-refractivity contribution in [3.05, 3.63) is 59.9 Å². The van der Waals surface area contributed by atoms with E-state index in [2.05, 4.69) is 5.32 Å². The Morgan fingerprint density at radius 1 is 1.12 bits per heavy atom. The maximum atomic E-state index is 12.8. The number of likely N-dealkylation sites (N-methyl/N-ethyl adjacent to an activating group) is 1. The third kappa shape index (κ3) is 4.81. The molecule has 126 valence electrons. The molecule has 0 aliphatic heterocycles. The molecule has 0 saturated carbocycles. The minimum absolute atomic E-state index is 0.0919. The number of hydrogen-bond donors (Lipinski definition) is 1. The molecule has 5 nitrogen and oxygen atoms in total. The van der Waals surface area contributed by atoms with Crippen molar-refractivity contribution in [1.29, 1.82) is 0 Å². The summed E-state index contributed by atoms with van der Waals surface area (Å²) in [7, 11) is 3.10. The first-order chi connectivity index (χ1) is 11.5. The van der Waals surface area contributed by atoms with E-state index in [9.17, 15) is 14.0 Å². The van der Waals surface area contributed by atoms with Gasteiger partial charge in [-0.2, -0.15) is 0 Å². The predicted octanol–water partition coefficient (Wildman–Crippen LogP) is 2.47. The molecule has 0 fully saturated rings. The monoisotopic (exact) mass is 330 g/mol. The number of benzene rings is 2. The van der Waals surface area contributed by atoms with Crippen LogP contribution in [0.2, 0.25) is 0 Å². The quantitative estimate of drug-likeness (QED) is 0.885. The lowest BCUT2D eigenvalue weighted by Gasteiger charge is -2.17. The van der Waals surface area contributed by atoms with Crippen molar-refractivity contribution in [1.82, 2.24) is 4.90 Å². The Bertz CT molecular complexity index is 716. The van der Waals surface area contributed by atoms with Gasteiger partial charge in [-0.15, -0.1) is 0 Å². The summed E-state index contributed by atoms with van der Waals surface area (Å²) in [4.78, 5) is 25.6. The van der Waals surface area contributed by atoms with Crippen LogP contribution in [0.1, 0.15) is 5.56 Å². The number of methoxy groups -OCH3 is 1. The summed E-state index contributed by atoms with van der Waals surface area (Å²) < 4.78 is 18.0. The number of carbonyl (C=O) groups excluding carboxylic acids is 2. The van der Waals surface area contributed by atoms with Crippen molar-refractivity contribution in [2.75, 3.05) is 26.0 Å². The highest BCUT2D eigenvalue weighted by atomic mass is 19.1. The van der Waals surface area contributed by atoms with Crippen LogP contribution in [0.15, 0.2) is 48.5 Å². The van der Waals surface area contributed by atoms with E-state index in [1.165, 1.54) is 29.2 Å². The van der Waals surface area contributed by atoms with Gasteiger partial charge in [0.2, 0.25) is 11.8 Å². The lowest BCUT2D eigenvalue weighted by atomic mass is 10.1. The highest BCUT2D eigenvalue weighted by Gasteiger charge is 2.15. The number of rotatable bonds is 6. The molecular formula is C18H19FN2O3. The van der Waals surface area contributed by atoms with Gasteiger partial charge >= 0.3 is 0 Å². The van der Waals surface area contributed by atoms with Gasteiger partial charge in [-0.05, 0) is 30.3 Å². The molecule has 0 bridgehead atoms. The number of anilines is 1. The Balaban J connectivity index is 1.91. The fourth-order valence-electron chi connectivity index (χ4n) is 2.18. The van der Waals surface area contributed by atoms with Crippen molar-refractivity contribution >= 4 is 17.5 Å². The zero-order valence-electron chi connectivity index (χ0n) is 13.6. The van der Waals surface area contributed by atoms with E-state index in [1.54, 1.807) is 20.2 Å². The van der Waals surface area contributed by atoms with E-state index in [-0.39, 0.29) is 30.6 Å². The van der Waals surface area contributed by atoms with Crippen molar-refractivity contribution in [2.24, 2.45) is 0 Å². The second-order valence-corrected chi connectivity index (χ2v) is 5.29. The molecule has 0 heterocycles. The van der Waals surface area contributed by atoms with Gasteiger partial charge in [-0.1, -0.05) is 18.2 Å². The van der Waals surface area contributed by atoms with Crippen LogP contribution in [-0.4, -0.2) is 37.4 Å². The topological polar surface area (TPSA) is 58.6 Å². The summed E-state index contributed by atoms with van der Waals surface area (Å²) in [6.45, 7) is -0.0919. The maximum Gasteiger partial charge on any atom is 0.243 e. The molecule has 0 spiro atoms. The highest BCUT2D eigenvalue weighted by molar-refractivity contribution is 5.94. The third-order valence-corrected chi connectivity index (χ3v) is 3.47. The molecule has 24 heavy (non-hydrogen) atoms. The summed E-state index contributed by atoms with van der Waals surface area (Å²) in [5, 5.41) is 2.62. The highest BCUT2D eigenvalue weighted by Crippen LogP contribution is 2.18. The molecule has 0 radical (unpaired) electrons. The lowest BCUT2D eigenvalue weighted by molar-refractivity contribution is -0.132. The van der Waals surface area contributed by atoms with Gasteiger partial charge in [0.15, 0.2) is 0 Å². The van der Waals surface area contributed by atoms with Crippen molar-refractivity contribution < 1.29 is 18.7 Å². The summed E-state index contributed by atoms with van der Waals surface area (Å²) >= 11 is 0. The third-order valence-electron chi connectivity index (χ3n) is 3.47. The first-order valence-electron chi connectivity index (χ1n) is 7.41. The average molecular weight is 330 g/mol. The van der Waals surface area contributed by atoms with Gasteiger partial charge in [0.25, 0.3) is 0 Å². The van der Waals surface area contributed by atoms with Crippen molar-refractivity contribution in [2.45, 2.75) is 6.42 Å². The summed E-state index contributed by atoms with van der Waals surface area (Å²) in [6.07, 6.45) is 0.143. The van der Waals surface area contributed by atoms with Gasteiger partial charge < -0.3 is 15.0 Å². The van der Waals surface area contributed by atoms with Crippen molar-refractivity contribution in [3.63, 3.8) is 0 Å². The Hall–Kier alpha value is -2.89. The fraction of sp³-hybridized carbons (Fsp3) is 0.222. The number of para-hydroxylation sites is 1. The molecule has 1 N–H and O–H groups in total. The van der Waals surface area contributed by atoms with Crippen LogP contribution in [0, 0.1) is 5.82 Å². The van der Waals surface area contributed by atoms with Crippen LogP contribution in [0.25, 0.3) is 0 Å². The molecule has 0 aliphatic carbocycles. The van der Waals surface area contributed by atoms with E-state index in [4.69, 9.17) is 4.74 Å². The second kappa shape index (κ2) is 8.10. The van der Waals surface area contributed by atoms with Crippen LogP contribution < -0.4 is 10.1 Å². The smallest absolute Gasteiger partial charge is 0.243 e. The number of halogens is 1. The largest absolute Gasteiger partial charge is 0.496 e. The summed E-state index contributed by atoms with van der Waals surface area (Å²) in [5.74, 6) is -0.293. The molecule has 2 aromatic carbocycles. The molecule has 2 amide bonds. The standard InChI is InChI=1S/C18H19FN2O3/c1-21(12-17(22)20-15-9-7-14(19)8-10-15)18(23)11-13-5-3-4-6-16(13)24-2/h3-10H,11-12H2,1-2H3,(H,20,22). The summed E-state index contributed by atoms with van der Waals surface area (Å²) in [6, 6.07) is 12.7. The number of nitrogens with zero attached hydrogens (tertiary/aromatic N) is 1. The van der Waals surface area contributed by atoms with Crippen LogP contribution in [0.4, 0.5) is 10.1 Å². The molecule has 2 aromatic rings. The van der Waals surface area contributed by atoms with Gasteiger partial charge in [0.1, 0.15) is 11.6 Å². The SMILES string of the molecule is COc1ccccc1CC(=O)N(C)CC(=O)Nc1ccc(F)cc1. The zero-order chi connectivity index (χ0) is 17.5. The zero-order valence-corrected chi connectivity index (χ0v) is 13.6.